The molecule has 0 saturated carbocycles. The summed E-state index contributed by atoms with van der Waals surface area (Å²) in [4.78, 5) is 15.6. The van der Waals surface area contributed by atoms with Crippen molar-refractivity contribution in [1.82, 2.24) is 4.98 Å². The zero-order chi connectivity index (χ0) is 17.7. The Hall–Kier alpha value is -3.73. The summed E-state index contributed by atoms with van der Waals surface area (Å²) in [6.07, 6.45) is 1.66. The van der Waals surface area contributed by atoms with Crippen LogP contribution in [0.25, 0.3) is 32.3 Å². The van der Waals surface area contributed by atoms with Crippen LogP contribution in [0.5, 0.6) is 0 Å². The molecule has 124 valence electrons. The molecule has 0 amide bonds. The van der Waals surface area contributed by atoms with E-state index < -0.39 is 0 Å². The van der Waals surface area contributed by atoms with Crippen LogP contribution in [-0.2, 0) is 0 Å². The van der Waals surface area contributed by atoms with E-state index in [9.17, 15) is 10.1 Å². The Labute approximate surface area is 148 Å². The first kappa shape index (κ1) is 14.6. The molecule has 4 aromatic carbocycles. The Morgan fingerprint density at radius 2 is 1.62 bits per heavy atom. The third-order valence-corrected chi connectivity index (χ3v) is 4.74. The van der Waals surface area contributed by atoms with Crippen molar-refractivity contribution in [3.63, 3.8) is 0 Å². The Balaban J connectivity index is 1.91. The SMILES string of the molecule is O=[N+]([O-])c1cc2ccc3cccc4ccc(c1Nc1ccccn1)c2c34. The highest BCUT2D eigenvalue weighted by atomic mass is 16.6. The highest BCUT2D eigenvalue weighted by Crippen LogP contribution is 2.43. The van der Waals surface area contributed by atoms with Gasteiger partial charge < -0.3 is 5.32 Å². The van der Waals surface area contributed by atoms with Crippen molar-refractivity contribution in [3.05, 3.63) is 83.0 Å². The van der Waals surface area contributed by atoms with Crippen molar-refractivity contribution in [2.45, 2.75) is 0 Å². The number of benzene rings is 4. The molecule has 26 heavy (non-hydrogen) atoms. The zero-order valence-corrected chi connectivity index (χ0v) is 13.6. The molecule has 5 rings (SSSR count). The summed E-state index contributed by atoms with van der Waals surface area (Å²) >= 11 is 0. The van der Waals surface area contributed by atoms with Crippen molar-refractivity contribution in [2.75, 3.05) is 5.32 Å². The summed E-state index contributed by atoms with van der Waals surface area (Å²) < 4.78 is 0. The summed E-state index contributed by atoms with van der Waals surface area (Å²) in [5.41, 5.74) is 0.515. The van der Waals surface area contributed by atoms with E-state index in [1.807, 2.05) is 42.5 Å². The molecule has 5 aromatic rings. The lowest BCUT2D eigenvalue weighted by molar-refractivity contribution is -0.383. The summed E-state index contributed by atoms with van der Waals surface area (Å²) in [6, 6.07) is 21.2. The normalized spacial score (nSPS) is 11.4. The minimum atomic E-state index is -0.347. The maximum absolute atomic E-state index is 11.7. The third kappa shape index (κ3) is 2.07. The van der Waals surface area contributed by atoms with Crippen LogP contribution in [-0.4, -0.2) is 9.91 Å². The first-order valence-electron chi connectivity index (χ1n) is 8.25. The van der Waals surface area contributed by atoms with E-state index in [4.69, 9.17) is 0 Å². The average Bonchev–Trinajstić information content (AvgIpc) is 2.67. The van der Waals surface area contributed by atoms with Gasteiger partial charge in [0.25, 0.3) is 5.69 Å². The molecule has 0 aliphatic rings. The highest BCUT2D eigenvalue weighted by Gasteiger charge is 2.21. The monoisotopic (exact) mass is 339 g/mol. The molecule has 0 spiro atoms. The lowest BCUT2D eigenvalue weighted by atomic mass is 9.93. The molecule has 5 nitrogen and oxygen atoms in total. The van der Waals surface area contributed by atoms with Gasteiger partial charge in [-0.25, -0.2) is 4.98 Å². The van der Waals surface area contributed by atoms with Gasteiger partial charge in [0, 0.05) is 17.6 Å². The van der Waals surface area contributed by atoms with Gasteiger partial charge in [0.05, 0.1) is 4.92 Å². The van der Waals surface area contributed by atoms with Crippen LogP contribution in [0.3, 0.4) is 0 Å². The Morgan fingerprint density at radius 3 is 2.35 bits per heavy atom. The molecule has 0 aliphatic heterocycles. The molecule has 0 fully saturated rings. The predicted molar refractivity (Wildman–Crippen MR) is 104 cm³/mol. The van der Waals surface area contributed by atoms with Gasteiger partial charge in [0.15, 0.2) is 0 Å². The molecule has 0 aliphatic carbocycles. The molecule has 1 heterocycles. The van der Waals surface area contributed by atoms with Gasteiger partial charge in [0.2, 0.25) is 0 Å². The number of aromatic nitrogens is 1. The molecule has 1 N–H and O–H groups in total. The predicted octanol–water partition coefficient (Wildman–Crippen LogP) is 5.63. The first-order chi connectivity index (χ1) is 12.7. The van der Waals surface area contributed by atoms with Gasteiger partial charge in [-0.2, -0.15) is 0 Å². The number of pyridine rings is 1. The summed E-state index contributed by atoms with van der Waals surface area (Å²) in [5.74, 6) is 0.575. The highest BCUT2D eigenvalue weighted by molar-refractivity contribution is 6.26. The summed E-state index contributed by atoms with van der Waals surface area (Å²) in [6.45, 7) is 0. The first-order valence-corrected chi connectivity index (χ1v) is 8.25. The molecule has 0 radical (unpaired) electrons. The fraction of sp³-hybridized carbons (Fsp3) is 0. The fourth-order valence-corrected chi connectivity index (χ4v) is 3.64. The number of nitro groups is 1. The smallest absolute Gasteiger partial charge is 0.293 e. The Bertz CT molecular complexity index is 1270. The van der Waals surface area contributed by atoms with Gasteiger partial charge in [-0.1, -0.05) is 48.5 Å². The number of nitrogens with one attached hydrogen (secondary N) is 1. The van der Waals surface area contributed by atoms with E-state index in [-0.39, 0.29) is 10.6 Å². The molecule has 5 heteroatoms. The standard InChI is InChI=1S/C21H13N3O2/c25-24(26)17-12-15-8-7-13-4-3-5-14-9-10-16(20(15)19(13)14)21(17)23-18-6-1-2-11-22-18/h1-12H,(H,22,23). The van der Waals surface area contributed by atoms with Crippen LogP contribution in [0.1, 0.15) is 0 Å². The number of rotatable bonds is 3. The lowest BCUT2D eigenvalue weighted by Crippen LogP contribution is -2.00. The van der Waals surface area contributed by atoms with Gasteiger partial charge in [-0.3, -0.25) is 10.1 Å². The quantitative estimate of drug-likeness (QED) is 0.263. The van der Waals surface area contributed by atoms with Crippen LogP contribution >= 0.6 is 0 Å². The van der Waals surface area contributed by atoms with Crippen LogP contribution in [0.2, 0.25) is 0 Å². The van der Waals surface area contributed by atoms with E-state index >= 15 is 0 Å². The Morgan fingerprint density at radius 1 is 0.846 bits per heavy atom. The minimum absolute atomic E-state index is 0.0431. The number of anilines is 2. The summed E-state index contributed by atoms with van der Waals surface area (Å²) in [5, 5.41) is 21.0. The van der Waals surface area contributed by atoms with E-state index in [0.717, 1.165) is 32.3 Å². The molecule has 1 aromatic heterocycles. The lowest BCUT2D eigenvalue weighted by Gasteiger charge is -2.15. The minimum Gasteiger partial charge on any atom is -0.334 e. The largest absolute Gasteiger partial charge is 0.334 e. The van der Waals surface area contributed by atoms with E-state index in [1.165, 1.54) is 0 Å². The summed E-state index contributed by atoms with van der Waals surface area (Å²) in [7, 11) is 0. The maximum Gasteiger partial charge on any atom is 0.293 e. The number of nitrogens with zero attached hydrogens (tertiary/aromatic N) is 2. The van der Waals surface area contributed by atoms with E-state index in [2.05, 4.69) is 22.4 Å². The van der Waals surface area contributed by atoms with Gasteiger partial charge in [-0.05, 0) is 39.1 Å². The fourth-order valence-electron chi connectivity index (χ4n) is 3.64. The van der Waals surface area contributed by atoms with Crippen molar-refractivity contribution in [3.8, 4) is 0 Å². The van der Waals surface area contributed by atoms with Crippen LogP contribution in [0, 0.1) is 10.1 Å². The molecule has 0 atom stereocenters. The van der Waals surface area contributed by atoms with Crippen LogP contribution in [0.15, 0.2) is 72.9 Å². The van der Waals surface area contributed by atoms with E-state index in [1.54, 1.807) is 18.3 Å². The van der Waals surface area contributed by atoms with Gasteiger partial charge >= 0.3 is 0 Å². The maximum atomic E-state index is 11.7. The van der Waals surface area contributed by atoms with Crippen molar-refractivity contribution < 1.29 is 4.92 Å². The number of hydrogen-bond donors (Lipinski definition) is 1. The number of hydrogen-bond acceptors (Lipinski definition) is 4. The third-order valence-electron chi connectivity index (χ3n) is 4.74. The molecular weight excluding hydrogens is 326 g/mol. The zero-order valence-electron chi connectivity index (χ0n) is 13.6. The van der Waals surface area contributed by atoms with Crippen molar-refractivity contribution >= 4 is 49.5 Å². The Kier molecular flexibility index (Phi) is 3.03. The van der Waals surface area contributed by atoms with Crippen molar-refractivity contribution in [2.24, 2.45) is 0 Å². The number of nitro benzene ring substituents is 1. The van der Waals surface area contributed by atoms with Gasteiger partial charge in [0.1, 0.15) is 11.5 Å². The van der Waals surface area contributed by atoms with Crippen molar-refractivity contribution in [1.29, 1.82) is 0 Å². The second-order valence-electron chi connectivity index (χ2n) is 6.22. The van der Waals surface area contributed by atoms with Gasteiger partial charge in [-0.15, -0.1) is 0 Å². The molecule has 0 unspecified atom stereocenters. The van der Waals surface area contributed by atoms with Crippen LogP contribution in [0.4, 0.5) is 17.2 Å². The molecular formula is C21H13N3O2. The second-order valence-corrected chi connectivity index (χ2v) is 6.22. The van der Waals surface area contributed by atoms with Crippen LogP contribution < -0.4 is 5.32 Å². The molecule has 0 bridgehead atoms. The second kappa shape index (κ2) is 5.39. The average molecular weight is 339 g/mol. The van der Waals surface area contributed by atoms with E-state index in [0.29, 0.717) is 11.5 Å². The molecule has 0 saturated heterocycles. The topological polar surface area (TPSA) is 68.1 Å².